The Morgan fingerprint density at radius 3 is 2.73 bits per heavy atom. The molecule has 0 heterocycles. The number of ether oxygens (including phenoxy) is 2. The van der Waals surface area contributed by atoms with Crippen molar-refractivity contribution in [3.8, 4) is 5.75 Å². The maximum atomic E-state index is 11.2. The molecule has 3 rings (SSSR count). The smallest absolute Gasteiger partial charge is 0.330 e. The first kappa shape index (κ1) is 18.2. The van der Waals surface area contributed by atoms with Crippen LogP contribution in [0.5, 0.6) is 5.75 Å². The van der Waals surface area contributed by atoms with Crippen LogP contribution in [0.1, 0.15) is 34.7 Å². The molecule has 1 aliphatic rings. The number of hydrogen-bond acceptors (Lipinski definition) is 4. The van der Waals surface area contributed by atoms with Crippen molar-refractivity contribution in [1.82, 2.24) is 5.32 Å². The predicted octanol–water partition coefficient (Wildman–Crippen LogP) is 3.70. The Kier molecular flexibility index (Phi) is 6.08. The van der Waals surface area contributed by atoms with Gasteiger partial charge in [-0.3, -0.25) is 0 Å². The molecule has 4 heteroatoms. The molecule has 136 valence electrons. The fourth-order valence-corrected chi connectivity index (χ4v) is 3.37. The van der Waals surface area contributed by atoms with E-state index < -0.39 is 0 Å². The standard InChI is InChI=1S/C22H25NO3/c1-25-19-8-3-16(4-9-19)13-14-23-21-11-7-18-15-17(5-10-20(18)21)6-12-22(24)26-2/h3-6,8-10,12,15,21,23H,7,11,13-14H2,1-2H3. The average Bonchev–Trinajstić information content (AvgIpc) is 3.09. The topological polar surface area (TPSA) is 47.6 Å². The van der Waals surface area contributed by atoms with Crippen molar-refractivity contribution in [2.24, 2.45) is 0 Å². The van der Waals surface area contributed by atoms with E-state index in [0.717, 1.165) is 37.1 Å². The van der Waals surface area contributed by atoms with Crippen LogP contribution in [0.2, 0.25) is 0 Å². The predicted molar refractivity (Wildman–Crippen MR) is 103 cm³/mol. The van der Waals surface area contributed by atoms with Crippen molar-refractivity contribution in [1.29, 1.82) is 0 Å². The zero-order chi connectivity index (χ0) is 18.4. The fraction of sp³-hybridized carbons (Fsp3) is 0.318. The summed E-state index contributed by atoms with van der Waals surface area (Å²) in [6.45, 7) is 0.945. The average molecular weight is 351 g/mol. The van der Waals surface area contributed by atoms with Gasteiger partial charge in [-0.2, -0.15) is 0 Å². The summed E-state index contributed by atoms with van der Waals surface area (Å²) < 4.78 is 9.83. The monoisotopic (exact) mass is 351 g/mol. The molecular weight excluding hydrogens is 326 g/mol. The van der Waals surface area contributed by atoms with E-state index >= 15 is 0 Å². The molecule has 0 bridgehead atoms. The second-order valence-corrected chi connectivity index (χ2v) is 6.46. The minimum Gasteiger partial charge on any atom is -0.497 e. The molecule has 0 saturated carbocycles. The molecular formula is C22H25NO3. The van der Waals surface area contributed by atoms with E-state index in [-0.39, 0.29) is 5.97 Å². The van der Waals surface area contributed by atoms with Gasteiger partial charge in [-0.25, -0.2) is 4.79 Å². The summed E-state index contributed by atoms with van der Waals surface area (Å²) in [5.74, 6) is 0.562. The lowest BCUT2D eigenvalue weighted by Crippen LogP contribution is -2.21. The molecule has 1 unspecified atom stereocenters. The summed E-state index contributed by atoms with van der Waals surface area (Å²) in [5, 5.41) is 3.67. The van der Waals surface area contributed by atoms with Crippen LogP contribution in [0.25, 0.3) is 6.08 Å². The lowest BCUT2D eigenvalue weighted by molar-refractivity contribution is -0.134. The van der Waals surface area contributed by atoms with Crippen molar-refractivity contribution in [3.63, 3.8) is 0 Å². The number of carbonyl (C=O) groups is 1. The Morgan fingerprint density at radius 1 is 1.19 bits per heavy atom. The van der Waals surface area contributed by atoms with E-state index in [0.29, 0.717) is 6.04 Å². The number of aryl methyl sites for hydroxylation is 1. The van der Waals surface area contributed by atoms with E-state index in [1.807, 2.05) is 12.1 Å². The first-order chi connectivity index (χ1) is 12.7. The third-order valence-electron chi connectivity index (χ3n) is 4.82. The molecule has 26 heavy (non-hydrogen) atoms. The van der Waals surface area contributed by atoms with Gasteiger partial charge in [0, 0.05) is 12.1 Å². The van der Waals surface area contributed by atoms with Crippen LogP contribution in [0, 0.1) is 0 Å². The molecule has 0 radical (unpaired) electrons. The second-order valence-electron chi connectivity index (χ2n) is 6.46. The SMILES string of the molecule is COC(=O)C=Cc1ccc2c(c1)CCC2NCCc1ccc(OC)cc1. The third-order valence-corrected chi connectivity index (χ3v) is 4.82. The van der Waals surface area contributed by atoms with Crippen LogP contribution < -0.4 is 10.1 Å². The van der Waals surface area contributed by atoms with Gasteiger partial charge in [0.25, 0.3) is 0 Å². The Labute approximate surface area is 154 Å². The molecule has 0 fully saturated rings. The number of methoxy groups -OCH3 is 2. The van der Waals surface area contributed by atoms with E-state index in [2.05, 4.69) is 40.4 Å². The summed E-state index contributed by atoms with van der Waals surface area (Å²) in [7, 11) is 3.07. The molecule has 0 aromatic heterocycles. The van der Waals surface area contributed by atoms with E-state index in [1.54, 1.807) is 13.2 Å². The first-order valence-corrected chi connectivity index (χ1v) is 8.95. The molecule has 1 atom stereocenters. The summed E-state index contributed by atoms with van der Waals surface area (Å²) >= 11 is 0. The number of rotatable bonds is 7. The zero-order valence-electron chi connectivity index (χ0n) is 15.3. The van der Waals surface area contributed by atoms with Crippen LogP contribution in [0.4, 0.5) is 0 Å². The second kappa shape index (κ2) is 8.68. The minimum absolute atomic E-state index is 0.330. The molecule has 0 spiro atoms. The van der Waals surface area contributed by atoms with Gasteiger partial charge in [0.1, 0.15) is 5.75 Å². The van der Waals surface area contributed by atoms with Gasteiger partial charge in [0.2, 0.25) is 0 Å². The number of benzene rings is 2. The number of carbonyl (C=O) groups excluding carboxylic acids is 1. The highest BCUT2D eigenvalue weighted by Crippen LogP contribution is 2.32. The Hall–Kier alpha value is -2.59. The molecule has 4 nitrogen and oxygen atoms in total. The summed E-state index contributed by atoms with van der Waals surface area (Å²) in [6, 6.07) is 15.0. The third kappa shape index (κ3) is 4.52. The van der Waals surface area contributed by atoms with Gasteiger partial charge in [0.05, 0.1) is 14.2 Å². The highest BCUT2D eigenvalue weighted by atomic mass is 16.5. The van der Waals surface area contributed by atoms with Crippen molar-refractivity contribution >= 4 is 12.0 Å². The maximum Gasteiger partial charge on any atom is 0.330 e. The number of nitrogens with one attached hydrogen (secondary N) is 1. The zero-order valence-corrected chi connectivity index (χ0v) is 15.3. The molecule has 1 N–H and O–H groups in total. The largest absolute Gasteiger partial charge is 0.497 e. The van der Waals surface area contributed by atoms with Gasteiger partial charge in [-0.05, 0) is 66.3 Å². The van der Waals surface area contributed by atoms with Crippen LogP contribution in [-0.4, -0.2) is 26.7 Å². The lowest BCUT2D eigenvalue weighted by Gasteiger charge is -2.14. The Morgan fingerprint density at radius 2 is 2.00 bits per heavy atom. The van der Waals surface area contributed by atoms with Crippen molar-refractivity contribution in [3.05, 3.63) is 70.8 Å². The van der Waals surface area contributed by atoms with E-state index in [9.17, 15) is 4.79 Å². The van der Waals surface area contributed by atoms with Crippen molar-refractivity contribution in [2.45, 2.75) is 25.3 Å². The van der Waals surface area contributed by atoms with Crippen LogP contribution in [-0.2, 0) is 22.4 Å². The van der Waals surface area contributed by atoms with Gasteiger partial charge < -0.3 is 14.8 Å². The summed E-state index contributed by atoms with van der Waals surface area (Å²) in [4.78, 5) is 11.2. The molecule has 0 saturated heterocycles. The lowest BCUT2D eigenvalue weighted by atomic mass is 10.0. The molecule has 2 aromatic carbocycles. The van der Waals surface area contributed by atoms with Crippen LogP contribution >= 0.6 is 0 Å². The van der Waals surface area contributed by atoms with Crippen molar-refractivity contribution < 1.29 is 14.3 Å². The van der Waals surface area contributed by atoms with Gasteiger partial charge in [-0.15, -0.1) is 0 Å². The van der Waals surface area contributed by atoms with Crippen LogP contribution in [0.15, 0.2) is 48.5 Å². The summed E-state index contributed by atoms with van der Waals surface area (Å²) in [5.41, 5.74) is 5.07. The van der Waals surface area contributed by atoms with Crippen molar-refractivity contribution in [2.75, 3.05) is 20.8 Å². The number of esters is 1. The molecule has 0 aliphatic heterocycles. The molecule has 0 amide bonds. The quantitative estimate of drug-likeness (QED) is 0.610. The normalized spacial score (nSPS) is 15.8. The highest BCUT2D eigenvalue weighted by Gasteiger charge is 2.21. The van der Waals surface area contributed by atoms with Gasteiger partial charge in [0.15, 0.2) is 0 Å². The Bertz CT molecular complexity index is 780. The highest BCUT2D eigenvalue weighted by molar-refractivity contribution is 5.86. The Balaban J connectivity index is 1.55. The van der Waals surface area contributed by atoms with E-state index in [4.69, 9.17) is 4.74 Å². The maximum absolute atomic E-state index is 11.2. The number of hydrogen-bond donors (Lipinski definition) is 1. The van der Waals surface area contributed by atoms with E-state index in [1.165, 1.54) is 29.9 Å². The fourth-order valence-electron chi connectivity index (χ4n) is 3.37. The summed E-state index contributed by atoms with van der Waals surface area (Å²) in [6.07, 6.45) is 6.44. The molecule has 1 aliphatic carbocycles. The molecule has 2 aromatic rings. The number of fused-ring (bicyclic) bond motifs is 1. The van der Waals surface area contributed by atoms with Gasteiger partial charge in [-0.1, -0.05) is 30.3 Å². The van der Waals surface area contributed by atoms with Crippen LogP contribution in [0.3, 0.4) is 0 Å². The minimum atomic E-state index is -0.330. The van der Waals surface area contributed by atoms with Gasteiger partial charge >= 0.3 is 5.97 Å². The first-order valence-electron chi connectivity index (χ1n) is 8.95.